The molecule has 0 bridgehead atoms. The summed E-state index contributed by atoms with van der Waals surface area (Å²) in [6.07, 6.45) is 5.29. The Kier molecular flexibility index (Phi) is 2.65. The van der Waals surface area contributed by atoms with E-state index < -0.39 is 0 Å². The molecule has 1 atom stereocenters. The van der Waals surface area contributed by atoms with Gasteiger partial charge in [-0.1, -0.05) is 6.92 Å². The second kappa shape index (κ2) is 3.81. The Hall–Kier alpha value is -1.09. The summed E-state index contributed by atoms with van der Waals surface area (Å²) in [5.74, 6) is 0.678. The minimum absolute atomic E-state index is 0.0725. The van der Waals surface area contributed by atoms with Crippen LogP contribution < -0.4 is 11.1 Å². The molecule has 3 N–H and O–H groups in total. The number of nitrogens with two attached hydrogens (primary N) is 1. The van der Waals surface area contributed by atoms with Crippen molar-refractivity contribution in [2.75, 3.05) is 12.3 Å². The lowest BCUT2D eigenvalue weighted by molar-refractivity contribution is 0.376. The average Bonchev–Trinajstić information content (AvgIpc) is 2.71. The monoisotopic (exact) mass is 205 g/mol. The van der Waals surface area contributed by atoms with Crippen LogP contribution in [0.1, 0.15) is 37.3 Å². The Morgan fingerprint density at radius 3 is 3.00 bits per heavy atom. The third kappa shape index (κ3) is 1.72. The van der Waals surface area contributed by atoms with E-state index in [0.29, 0.717) is 5.82 Å². The van der Waals surface area contributed by atoms with E-state index in [2.05, 4.69) is 30.2 Å². The number of nitrogen functional groups attached to an aromatic ring is 1. The molecule has 1 saturated heterocycles. The molecule has 0 aromatic carbocycles. The highest BCUT2D eigenvalue weighted by molar-refractivity contribution is 5.46. The van der Waals surface area contributed by atoms with Gasteiger partial charge in [0.2, 0.25) is 0 Å². The largest absolute Gasteiger partial charge is 0.383 e. The predicted octanol–water partition coefficient (Wildman–Crippen LogP) is 1.96. The van der Waals surface area contributed by atoms with Crippen molar-refractivity contribution in [3.05, 3.63) is 23.4 Å². The van der Waals surface area contributed by atoms with Crippen LogP contribution in [-0.4, -0.2) is 11.5 Å². The van der Waals surface area contributed by atoms with E-state index in [1.54, 1.807) is 0 Å². The van der Waals surface area contributed by atoms with Gasteiger partial charge in [-0.05, 0) is 44.4 Å². The summed E-state index contributed by atoms with van der Waals surface area (Å²) in [4.78, 5) is 4.25. The predicted molar refractivity (Wildman–Crippen MR) is 62.6 cm³/mol. The van der Waals surface area contributed by atoms with Crippen LogP contribution in [-0.2, 0) is 5.54 Å². The highest BCUT2D eigenvalue weighted by Gasteiger charge is 2.35. The fraction of sp³-hybridized carbons (Fsp3) is 0.583. The summed E-state index contributed by atoms with van der Waals surface area (Å²) >= 11 is 0. The molecule has 3 heteroatoms. The fourth-order valence-corrected chi connectivity index (χ4v) is 2.49. The first-order valence-corrected chi connectivity index (χ1v) is 5.65. The standard InChI is InChI=1S/C12H19N3/c1-3-12(5-4-6-15-12)10-7-9(2)8-14-11(10)13/h7-8,15H,3-6H2,1-2H3,(H2,13,14). The smallest absolute Gasteiger partial charge is 0.128 e. The van der Waals surface area contributed by atoms with Gasteiger partial charge in [0.15, 0.2) is 0 Å². The minimum atomic E-state index is 0.0725. The van der Waals surface area contributed by atoms with Crippen LogP contribution in [0.15, 0.2) is 12.3 Å². The zero-order chi connectivity index (χ0) is 10.9. The van der Waals surface area contributed by atoms with E-state index in [1.165, 1.54) is 24.0 Å². The minimum Gasteiger partial charge on any atom is -0.383 e. The van der Waals surface area contributed by atoms with Crippen molar-refractivity contribution in [2.45, 2.75) is 38.6 Å². The number of pyridine rings is 1. The van der Waals surface area contributed by atoms with Gasteiger partial charge in [-0.2, -0.15) is 0 Å². The topological polar surface area (TPSA) is 50.9 Å². The Balaban J connectivity index is 2.46. The van der Waals surface area contributed by atoms with Crippen molar-refractivity contribution >= 4 is 5.82 Å². The van der Waals surface area contributed by atoms with E-state index in [-0.39, 0.29) is 5.54 Å². The SMILES string of the molecule is CCC1(c2cc(C)cnc2N)CCCN1. The van der Waals surface area contributed by atoms with Crippen LogP contribution >= 0.6 is 0 Å². The zero-order valence-electron chi connectivity index (χ0n) is 9.51. The second-order valence-corrected chi connectivity index (χ2v) is 4.41. The van der Waals surface area contributed by atoms with Crippen molar-refractivity contribution in [3.63, 3.8) is 0 Å². The van der Waals surface area contributed by atoms with Crippen molar-refractivity contribution in [3.8, 4) is 0 Å². The van der Waals surface area contributed by atoms with Crippen LogP contribution in [0.25, 0.3) is 0 Å². The Morgan fingerprint density at radius 1 is 1.60 bits per heavy atom. The van der Waals surface area contributed by atoms with E-state index in [0.717, 1.165) is 13.0 Å². The fourth-order valence-electron chi connectivity index (χ4n) is 2.49. The third-order valence-corrected chi connectivity index (χ3v) is 3.42. The van der Waals surface area contributed by atoms with E-state index in [4.69, 9.17) is 5.73 Å². The Labute approximate surface area is 91.1 Å². The quantitative estimate of drug-likeness (QED) is 0.776. The summed E-state index contributed by atoms with van der Waals surface area (Å²) < 4.78 is 0. The van der Waals surface area contributed by atoms with Crippen molar-refractivity contribution < 1.29 is 0 Å². The van der Waals surface area contributed by atoms with Crippen molar-refractivity contribution in [1.29, 1.82) is 0 Å². The molecule has 1 aliphatic rings. The lowest BCUT2D eigenvalue weighted by atomic mass is 9.85. The molecule has 1 aromatic rings. The molecule has 0 spiro atoms. The molecule has 0 aliphatic carbocycles. The molecule has 0 radical (unpaired) electrons. The zero-order valence-corrected chi connectivity index (χ0v) is 9.51. The number of hydrogen-bond donors (Lipinski definition) is 2. The van der Waals surface area contributed by atoms with Crippen LogP contribution in [0.5, 0.6) is 0 Å². The Morgan fingerprint density at radius 2 is 2.40 bits per heavy atom. The third-order valence-electron chi connectivity index (χ3n) is 3.42. The van der Waals surface area contributed by atoms with E-state index >= 15 is 0 Å². The van der Waals surface area contributed by atoms with Crippen molar-refractivity contribution in [1.82, 2.24) is 10.3 Å². The number of nitrogens with zero attached hydrogens (tertiary/aromatic N) is 1. The summed E-state index contributed by atoms with van der Waals surface area (Å²) in [5.41, 5.74) is 8.42. The van der Waals surface area contributed by atoms with Gasteiger partial charge in [0, 0.05) is 17.3 Å². The van der Waals surface area contributed by atoms with Gasteiger partial charge >= 0.3 is 0 Å². The first-order valence-electron chi connectivity index (χ1n) is 5.65. The Bertz CT molecular complexity index is 354. The molecule has 1 fully saturated rings. The molecule has 1 aromatic heterocycles. The molecule has 1 aliphatic heterocycles. The first-order chi connectivity index (χ1) is 7.18. The van der Waals surface area contributed by atoms with Gasteiger partial charge in [-0.3, -0.25) is 0 Å². The van der Waals surface area contributed by atoms with Crippen LogP contribution in [0.3, 0.4) is 0 Å². The molecule has 0 saturated carbocycles. The summed E-state index contributed by atoms with van der Waals surface area (Å²) in [5, 5.41) is 3.58. The maximum atomic E-state index is 5.98. The van der Waals surface area contributed by atoms with Crippen molar-refractivity contribution in [2.24, 2.45) is 0 Å². The molecule has 2 heterocycles. The maximum absolute atomic E-state index is 5.98. The molecule has 3 nitrogen and oxygen atoms in total. The molecule has 1 unspecified atom stereocenters. The highest BCUT2D eigenvalue weighted by Crippen LogP contribution is 2.36. The summed E-state index contributed by atoms with van der Waals surface area (Å²) in [7, 11) is 0. The number of nitrogens with one attached hydrogen (secondary N) is 1. The van der Waals surface area contributed by atoms with Gasteiger partial charge < -0.3 is 11.1 Å². The van der Waals surface area contributed by atoms with Crippen LogP contribution in [0.4, 0.5) is 5.82 Å². The second-order valence-electron chi connectivity index (χ2n) is 4.41. The number of aryl methyl sites for hydroxylation is 1. The van der Waals surface area contributed by atoms with Crippen LogP contribution in [0.2, 0.25) is 0 Å². The number of anilines is 1. The molecule has 82 valence electrons. The normalized spacial score (nSPS) is 25.7. The average molecular weight is 205 g/mol. The number of rotatable bonds is 2. The van der Waals surface area contributed by atoms with Crippen LogP contribution in [0, 0.1) is 6.92 Å². The molecule has 0 amide bonds. The number of aromatic nitrogens is 1. The van der Waals surface area contributed by atoms with Gasteiger partial charge in [-0.15, -0.1) is 0 Å². The van der Waals surface area contributed by atoms with Gasteiger partial charge in [0.05, 0.1) is 0 Å². The molecular weight excluding hydrogens is 186 g/mol. The summed E-state index contributed by atoms with van der Waals surface area (Å²) in [6.45, 7) is 5.36. The van der Waals surface area contributed by atoms with Gasteiger partial charge in [0.1, 0.15) is 5.82 Å². The van der Waals surface area contributed by atoms with E-state index in [1.807, 2.05) is 6.20 Å². The van der Waals surface area contributed by atoms with Gasteiger partial charge in [-0.25, -0.2) is 4.98 Å². The maximum Gasteiger partial charge on any atom is 0.128 e. The first kappa shape index (κ1) is 10.4. The molecule has 2 rings (SSSR count). The highest BCUT2D eigenvalue weighted by atomic mass is 15.0. The molecule has 15 heavy (non-hydrogen) atoms. The lowest BCUT2D eigenvalue weighted by Crippen LogP contribution is -2.37. The van der Waals surface area contributed by atoms with E-state index in [9.17, 15) is 0 Å². The van der Waals surface area contributed by atoms with Gasteiger partial charge in [0.25, 0.3) is 0 Å². The molecular formula is C12H19N3. The lowest BCUT2D eigenvalue weighted by Gasteiger charge is -2.29. The summed E-state index contributed by atoms with van der Waals surface area (Å²) in [6, 6.07) is 2.17. The number of hydrogen-bond acceptors (Lipinski definition) is 3.